The van der Waals surface area contributed by atoms with Gasteiger partial charge >= 0.3 is 0 Å². The Morgan fingerprint density at radius 3 is 2.43 bits per heavy atom. The summed E-state index contributed by atoms with van der Waals surface area (Å²) in [4.78, 5) is 33.3. The Balaban J connectivity index is 1.30. The van der Waals surface area contributed by atoms with Crippen molar-refractivity contribution in [3.05, 3.63) is 82.5 Å². The van der Waals surface area contributed by atoms with Crippen molar-refractivity contribution in [2.24, 2.45) is 0 Å². The average Bonchev–Trinajstić information content (AvgIpc) is 3.22. The first-order valence-electron chi connectivity index (χ1n) is 9.66. The summed E-state index contributed by atoms with van der Waals surface area (Å²) in [5, 5.41) is 2.76. The summed E-state index contributed by atoms with van der Waals surface area (Å²) in [6.07, 6.45) is 3.65. The summed E-state index contributed by atoms with van der Waals surface area (Å²) in [5.74, 6) is -0.125. The Morgan fingerprint density at radius 1 is 1.03 bits per heavy atom. The number of carbonyl (C=O) groups is 2. The van der Waals surface area contributed by atoms with Crippen molar-refractivity contribution in [2.45, 2.75) is 6.54 Å². The summed E-state index contributed by atoms with van der Waals surface area (Å²) in [7, 11) is 0. The van der Waals surface area contributed by atoms with Gasteiger partial charge in [-0.1, -0.05) is 6.07 Å². The van der Waals surface area contributed by atoms with Crippen molar-refractivity contribution < 1.29 is 14.0 Å². The number of pyridine rings is 1. The van der Waals surface area contributed by atoms with E-state index in [1.54, 1.807) is 42.6 Å². The third-order valence-electron chi connectivity index (χ3n) is 4.98. The normalized spacial score (nSPS) is 14.5. The Hall–Kier alpha value is -2.97. The van der Waals surface area contributed by atoms with Crippen LogP contribution in [0.2, 0.25) is 0 Å². The molecule has 0 unspecified atom stereocenters. The topological polar surface area (TPSA) is 78.7 Å². The monoisotopic (exact) mass is 468 g/mol. The highest BCUT2D eigenvalue weighted by molar-refractivity contribution is 9.10. The minimum Gasteiger partial charge on any atom is -0.444 e. The van der Waals surface area contributed by atoms with Crippen molar-refractivity contribution in [1.29, 1.82) is 0 Å². The van der Waals surface area contributed by atoms with Gasteiger partial charge in [0.15, 0.2) is 10.4 Å². The van der Waals surface area contributed by atoms with Crippen LogP contribution >= 0.6 is 15.9 Å². The molecule has 0 radical (unpaired) electrons. The maximum Gasteiger partial charge on any atom is 0.291 e. The SMILES string of the molecule is O=C(Nc1ccc(C(=O)N2CCN(Cc3cccnc3)CC2)cc1)c1ccc(Br)o1. The first kappa shape index (κ1) is 20.3. The number of carbonyl (C=O) groups excluding carboxylic acids is 2. The number of piperazine rings is 1. The van der Waals surface area contributed by atoms with Gasteiger partial charge in [0.25, 0.3) is 11.8 Å². The van der Waals surface area contributed by atoms with Crippen LogP contribution in [-0.4, -0.2) is 52.8 Å². The van der Waals surface area contributed by atoms with Gasteiger partial charge in [-0.15, -0.1) is 0 Å². The van der Waals surface area contributed by atoms with Gasteiger partial charge in [-0.3, -0.25) is 19.5 Å². The molecule has 1 saturated heterocycles. The Bertz CT molecular complexity index is 1010. The van der Waals surface area contributed by atoms with E-state index in [9.17, 15) is 9.59 Å². The molecule has 7 nitrogen and oxygen atoms in total. The maximum absolute atomic E-state index is 12.8. The summed E-state index contributed by atoms with van der Waals surface area (Å²) < 4.78 is 5.74. The molecule has 0 atom stereocenters. The number of rotatable bonds is 5. The molecule has 30 heavy (non-hydrogen) atoms. The molecule has 3 aromatic rings. The van der Waals surface area contributed by atoms with Crippen LogP contribution in [0.4, 0.5) is 5.69 Å². The number of halogens is 1. The number of nitrogens with zero attached hydrogens (tertiary/aromatic N) is 3. The number of aromatic nitrogens is 1. The van der Waals surface area contributed by atoms with Crippen LogP contribution in [0.5, 0.6) is 0 Å². The average molecular weight is 469 g/mol. The van der Waals surface area contributed by atoms with Gasteiger partial charge < -0.3 is 14.6 Å². The lowest BCUT2D eigenvalue weighted by molar-refractivity contribution is 0.0628. The predicted octanol–water partition coefficient (Wildman–Crippen LogP) is 3.65. The van der Waals surface area contributed by atoms with E-state index in [0.717, 1.165) is 19.6 Å². The van der Waals surface area contributed by atoms with Crippen LogP contribution < -0.4 is 5.32 Å². The van der Waals surface area contributed by atoms with Gasteiger partial charge in [0.1, 0.15) is 0 Å². The van der Waals surface area contributed by atoms with E-state index in [-0.39, 0.29) is 17.6 Å². The highest BCUT2D eigenvalue weighted by atomic mass is 79.9. The maximum atomic E-state index is 12.8. The Kier molecular flexibility index (Phi) is 6.25. The highest BCUT2D eigenvalue weighted by Gasteiger charge is 2.22. The molecule has 3 heterocycles. The van der Waals surface area contributed by atoms with Gasteiger partial charge in [-0.2, -0.15) is 0 Å². The number of furan rings is 1. The Morgan fingerprint density at radius 2 is 1.80 bits per heavy atom. The molecule has 0 aliphatic carbocycles. The van der Waals surface area contributed by atoms with Crippen LogP contribution in [0.3, 0.4) is 0 Å². The van der Waals surface area contributed by atoms with Crippen LogP contribution in [0, 0.1) is 0 Å². The first-order valence-corrected chi connectivity index (χ1v) is 10.4. The van der Waals surface area contributed by atoms with Crippen molar-refractivity contribution in [3.8, 4) is 0 Å². The van der Waals surface area contributed by atoms with Crippen LogP contribution in [-0.2, 0) is 6.54 Å². The largest absolute Gasteiger partial charge is 0.444 e. The molecule has 1 aliphatic rings. The summed E-state index contributed by atoms with van der Waals surface area (Å²) in [6, 6.07) is 14.2. The summed E-state index contributed by atoms with van der Waals surface area (Å²) >= 11 is 3.17. The molecule has 154 valence electrons. The lowest BCUT2D eigenvalue weighted by atomic mass is 10.1. The van der Waals surface area contributed by atoms with E-state index >= 15 is 0 Å². The lowest BCUT2D eigenvalue weighted by Crippen LogP contribution is -2.48. The molecule has 2 amide bonds. The zero-order valence-corrected chi connectivity index (χ0v) is 17.8. The van der Waals surface area contributed by atoms with Gasteiger partial charge in [0.05, 0.1) is 0 Å². The molecule has 8 heteroatoms. The van der Waals surface area contributed by atoms with E-state index in [2.05, 4.69) is 37.2 Å². The number of anilines is 1. The molecular weight excluding hydrogens is 448 g/mol. The minimum absolute atomic E-state index is 0.00358. The minimum atomic E-state index is -0.343. The van der Waals surface area contributed by atoms with E-state index in [4.69, 9.17) is 4.42 Å². The number of nitrogens with one attached hydrogen (secondary N) is 1. The molecular formula is C22H21BrN4O3. The molecule has 1 aromatic carbocycles. The fraction of sp³-hybridized carbons (Fsp3) is 0.227. The molecule has 1 N–H and O–H groups in total. The van der Waals surface area contributed by atoms with E-state index in [1.165, 1.54) is 5.56 Å². The molecule has 1 aliphatic heterocycles. The summed E-state index contributed by atoms with van der Waals surface area (Å²) in [5.41, 5.74) is 2.39. The smallest absolute Gasteiger partial charge is 0.291 e. The highest BCUT2D eigenvalue weighted by Crippen LogP contribution is 2.17. The van der Waals surface area contributed by atoms with Crippen molar-refractivity contribution in [1.82, 2.24) is 14.8 Å². The molecule has 4 rings (SSSR count). The van der Waals surface area contributed by atoms with E-state index < -0.39 is 0 Å². The van der Waals surface area contributed by atoms with Crippen LogP contribution in [0.25, 0.3) is 0 Å². The van der Waals surface area contributed by atoms with Gasteiger partial charge in [-0.05, 0) is 64.0 Å². The molecule has 0 spiro atoms. The number of hydrogen-bond donors (Lipinski definition) is 1. The van der Waals surface area contributed by atoms with Crippen molar-refractivity contribution in [2.75, 3.05) is 31.5 Å². The number of amides is 2. The van der Waals surface area contributed by atoms with Crippen molar-refractivity contribution in [3.63, 3.8) is 0 Å². The van der Waals surface area contributed by atoms with Gasteiger partial charge in [0, 0.05) is 56.4 Å². The standard InChI is InChI=1S/C22H21BrN4O3/c23-20-8-7-19(30-20)21(28)25-18-5-3-17(4-6-18)22(29)27-12-10-26(11-13-27)15-16-2-1-9-24-14-16/h1-9,14H,10-13,15H2,(H,25,28). The second-order valence-electron chi connectivity index (χ2n) is 7.06. The first-order chi connectivity index (χ1) is 14.6. The quantitative estimate of drug-likeness (QED) is 0.618. The van der Waals surface area contributed by atoms with E-state index in [1.807, 2.05) is 17.2 Å². The second kappa shape index (κ2) is 9.23. The lowest BCUT2D eigenvalue weighted by Gasteiger charge is -2.34. The number of hydrogen-bond acceptors (Lipinski definition) is 5. The molecule has 2 aromatic heterocycles. The summed E-state index contributed by atoms with van der Waals surface area (Å²) in [6.45, 7) is 3.87. The zero-order chi connectivity index (χ0) is 20.9. The van der Waals surface area contributed by atoms with Crippen LogP contribution in [0.15, 0.2) is 70.0 Å². The number of benzene rings is 1. The van der Waals surface area contributed by atoms with Crippen molar-refractivity contribution >= 4 is 33.4 Å². The fourth-order valence-corrected chi connectivity index (χ4v) is 3.67. The van der Waals surface area contributed by atoms with Gasteiger partial charge in [0.2, 0.25) is 0 Å². The predicted molar refractivity (Wildman–Crippen MR) is 116 cm³/mol. The fourth-order valence-electron chi connectivity index (χ4n) is 3.37. The molecule has 0 bridgehead atoms. The van der Waals surface area contributed by atoms with Gasteiger partial charge in [-0.25, -0.2) is 0 Å². The third kappa shape index (κ3) is 4.95. The molecule has 0 saturated carbocycles. The molecule has 1 fully saturated rings. The van der Waals surface area contributed by atoms with E-state index in [0.29, 0.717) is 29.0 Å². The second-order valence-corrected chi connectivity index (χ2v) is 7.85. The van der Waals surface area contributed by atoms with Crippen LogP contribution in [0.1, 0.15) is 26.5 Å². The third-order valence-corrected chi connectivity index (χ3v) is 5.40. The Labute approximate surface area is 182 Å². The zero-order valence-electron chi connectivity index (χ0n) is 16.3.